The Kier molecular flexibility index (Phi) is 2.30. The smallest absolute Gasteiger partial charge is 0.0697 e. The number of hydrogen-bond acceptors (Lipinski definition) is 1. The molecule has 1 aliphatic carbocycles. The van der Waals surface area contributed by atoms with Crippen LogP contribution < -0.4 is 0 Å². The van der Waals surface area contributed by atoms with Crippen LogP contribution >= 0.6 is 0 Å². The van der Waals surface area contributed by atoms with E-state index in [1.165, 1.54) is 22.4 Å². The molecule has 1 aromatic carbocycles. The highest BCUT2D eigenvalue weighted by Crippen LogP contribution is 2.27. The number of fused-ring (bicyclic) bond motifs is 1. The number of aromatic nitrogens is 1. The van der Waals surface area contributed by atoms with Crippen molar-refractivity contribution in [1.82, 2.24) is 4.98 Å². The molecule has 1 heteroatoms. The third-order valence-corrected chi connectivity index (χ3v) is 3.00. The third kappa shape index (κ3) is 1.65. The first-order valence-corrected chi connectivity index (χ1v) is 5.61. The molecule has 2 aromatic rings. The summed E-state index contributed by atoms with van der Waals surface area (Å²) in [6.07, 6.45) is 6.20. The lowest BCUT2D eigenvalue weighted by atomic mass is 10.0. The Bertz CT molecular complexity index is 526. The minimum Gasteiger partial charge on any atom is -0.256 e. The predicted octanol–water partition coefficient (Wildman–Crippen LogP) is 3.26. The molecule has 0 aliphatic heterocycles. The van der Waals surface area contributed by atoms with E-state index in [0.29, 0.717) is 0 Å². The van der Waals surface area contributed by atoms with Crippen LogP contribution in [0.3, 0.4) is 0 Å². The zero-order valence-corrected chi connectivity index (χ0v) is 9.06. The van der Waals surface area contributed by atoms with Crippen molar-refractivity contribution in [3.63, 3.8) is 0 Å². The van der Waals surface area contributed by atoms with Crippen molar-refractivity contribution >= 4 is 5.57 Å². The standard InChI is InChI=1S/C15H13N/c1-2-5-12(6-3-1)11-14-9-8-13-7-4-10-16-15(13)14/h1-7,9-10H,8,11H2. The van der Waals surface area contributed by atoms with E-state index in [1.54, 1.807) is 0 Å². The van der Waals surface area contributed by atoms with E-state index in [-0.39, 0.29) is 0 Å². The fourth-order valence-corrected chi connectivity index (χ4v) is 2.19. The SMILES string of the molecule is C1=C(Cc2ccccc2)c2ncccc2C1. The molecule has 0 bridgehead atoms. The summed E-state index contributed by atoms with van der Waals surface area (Å²) in [7, 11) is 0. The molecule has 3 rings (SSSR count). The van der Waals surface area contributed by atoms with Crippen LogP contribution in [0.2, 0.25) is 0 Å². The van der Waals surface area contributed by atoms with E-state index in [1.807, 2.05) is 12.3 Å². The lowest BCUT2D eigenvalue weighted by molar-refractivity contribution is 1.18. The first-order valence-electron chi connectivity index (χ1n) is 5.61. The van der Waals surface area contributed by atoms with Crippen LogP contribution in [0.4, 0.5) is 0 Å². The van der Waals surface area contributed by atoms with Crippen LogP contribution in [0.1, 0.15) is 16.8 Å². The fraction of sp³-hybridized carbons (Fsp3) is 0.133. The maximum atomic E-state index is 4.47. The molecule has 0 saturated heterocycles. The van der Waals surface area contributed by atoms with Crippen LogP contribution in [0.15, 0.2) is 54.7 Å². The van der Waals surface area contributed by atoms with E-state index in [2.05, 4.69) is 47.5 Å². The largest absolute Gasteiger partial charge is 0.256 e. The monoisotopic (exact) mass is 207 g/mol. The lowest BCUT2D eigenvalue weighted by Gasteiger charge is -2.04. The second-order valence-corrected chi connectivity index (χ2v) is 4.11. The Morgan fingerprint density at radius 1 is 1.00 bits per heavy atom. The topological polar surface area (TPSA) is 12.9 Å². The molecule has 0 unspecified atom stereocenters. The molecule has 1 aliphatic rings. The van der Waals surface area contributed by atoms with Gasteiger partial charge >= 0.3 is 0 Å². The van der Waals surface area contributed by atoms with Gasteiger partial charge in [-0.15, -0.1) is 0 Å². The summed E-state index contributed by atoms with van der Waals surface area (Å²) in [6, 6.07) is 14.7. The van der Waals surface area contributed by atoms with Gasteiger partial charge in [-0.3, -0.25) is 4.98 Å². The molecule has 0 saturated carbocycles. The second kappa shape index (κ2) is 3.93. The quantitative estimate of drug-likeness (QED) is 0.736. The van der Waals surface area contributed by atoms with Crippen molar-refractivity contribution < 1.29 is 0 Å². The molecule has 0 spiro atoms. The number of rotatable bonds is 2. The molecule has 0 N–H and O–H groups in total. The molecule has 1 nitrogen and oxygen atoms in total. The number of pyridine rings is 1. The predicted molar refractivity (Wildman–Crippen MR) is 66.1 cm³/mol. The van der Waals surface area contributed by atoms with Gasteiger partial charge in [0.1, 0.15) is 0 Å². The Morgan fingerprint density at radius 2 is 1.88 bits per heavy atom. The van der Waals surface area contributed by atoms with Crippen molar-refractivity contribution in [2.75, 3.05) is 0 Å². The zero-order chi connectivity index (χ0) is 10.8. The van der Waals surface area contributed by atoms with Crippen molar-refractivity contribution in [3.8, 4) is 0 Å². The molecular weight excluding hydrogens is 194 g/mol. The van der Waals surface area contributed by atoms with Gasteiger partial charge < -0.3 is 0 Å². The summed E-state index contributed by atoms with van der Waals surface area (Å²) >= 11 is 0. The molecule has 0 fully saturated rings. The van der Waals surface area contributed by atoms with Crippen LogP contribution in [-0.4, -0.2) is 4.98 Å². The van der Waals surface area contributed by atoms with E-state index in [0.717, 1.165) is 12.8 Å². The Morgan fingerprint density at radius 3 is 2.75 bits per heavy atom. The van der Waals surface area contributed by atoms with Gasteiger partial charge in [0, 0.05) is 6.20 Å². The van der Waals surface area contributed by atoms with Gasteiger partial charge in [0.15, 0.2) is 0 Å². The summed E-state index contributed by atoms with van der Waals surface area (Å²) in [4.78, 5) is 4.47. The minimum atomic E-state index is 0.991. The van der Waals surface area contributed by atoms with Gasteiger partial charge in [-0.1, -0.05) is 42.5 Å². The van der Waals surface area contributed by atoms with E-state index in [9.17, 15) is 0 Å². The average Bonchev–Trinajstić information content (AvgIpc) is 2.74. The summed E-state index contributed by atoms with van der Waals surface area (Å²) in [5, 5.41) is 0. The molecule has 0 atom stereocenters. The van der Waals surface area contributed by atoms with E-state index >= 15 is 0 Å². The van der Waals surface area contributed by atoms with Gasteiger partial charge in [0.2, 0.25) is 0 Å². The van der Waals surface area contributed by atoms with E-state index in [4.69, 9.17) is 0 Å². The van der Waals surface area contributed by atoms with Gasteiger partial charge in [-0.05, 0) is 35.6 Å². The minimum absolute atomic E-state index is 0.991. The lowest BCUT2D eigenvalue weighted by Crippen LogP contribution is -1.92. The van der Waals surface area contributed by atoms with Crippen molar-refractivity contribution in [1.29, 1.82) is 0 Å². The van der Waals surface area contributed by atoms with Gasteiger partial charge in [0.25, 0.3) is 0 Å². The molecule has 78 valence electrons. The maximum absolute atomic E-state index is 4.47. The van der Waals surface area contributed by atoms with Gasteiger partial charge in [0.05, 0.1) is 5.69 Å². The number of hydrogen-bond donors (Lipinski definition) is 0. The normalized spacial score (nSPS) is 13.4. The highest BCUT2D eigenvalue weighted by molar-refractivity contribution is 5.71. The zero-order valence-electron chi connectivity index (χ0n) is 9.06. The fourth-order valence-electron chi connectivity index (χ4n) is 2.19. The van der Waals surface area contributed by atoms with Crippen LogP contribution in [0.5, 0.6) is 0 Å². The third-order valence-electron chi connectivity index (χ3n) is 3.00. The van der Waals surface area contributed by atoms with Crippen LogP contribution in [0.25, 0.3) is 5.57 Å². The first kappa shape index (κ1) is 9.34. The second-order valence-electron chi connectivity index (χ2n) is 4.11. The Labute approximate surface area is 95.5 Å². The highest BCUT2D eigenvalue weighted by atomic mass is 14.7. The average molecular weight is 207 g/mol. The van der Waals surface area contributed by atoms with Crippen molar-refractivity contribution in [2.45, 2.75) is 12.8 Å². The molecule has 1 aromatic heterocycles. The first-order chi connectivity index (χ1) is 7.93. The maximum Gasteiger partial charge on any atom is 0.0697 e. The highest BCUT2D eigenvalue weighted by Gasteiger charge is 2.14. The van der Waals surface area contributed by atoms with E-state index < -0.39 is 0 Å². The summed E-state index contributed by atoms with van der Waals surface area (Å²) in [5.41, 5.74) is 5.26. The van der Waals surface area contributed by atoms with Gasteiger partial charge in [-0.2, -0.15) is 0 Å². The number of nitrogens with zero attached hydrogens (tertiary/aromatic N) is 1. The Balaban J connectivity index is 1.89. The Hall–Kier alpha value is -1.89. The molecule has 1 heterocycles. The summed E-state index contributed by atoms with van der Waals surface area (Å²) in [6.45, 7) is 0. The van der Waals surface area contributed by atoms with Crippen molar-refractivity contribution in [3.05, 3.63) is 71.6 Å². The number of benzene rings is 1. The summed E-state index contributed by atoms with van der Waals surface area (Å²) in [5.74, 6) is 0. The summed E-state index contributed by atoms with van der Waals surface area (Å²) < 4.78 is 0. The van der Waals surface area contributed by atoms with Crippen LogP contribution in [0, 0.1) is 0 Å². The van der Waals surface area contributed by atoms with Gasteiger partial charge in [-0.25, -0.2) is 0 Å². The molecule has 0 radical (unpaired) electrons. The molecule has 16 heavy (non-hydrogen) atoms. The van der Waals surface area contributed by atoms with Crippen molar-refractivity contribution in [2.24, 2.45) is 0 Å². The van der Waals surface area contributed by atoms with Crippen LogP contribution in [-0.2, 0) is 12.8 Å². The number of allylic oxidation sites excluding steroid dienone is 2. The molecule has 0 amide bonds. The molecular formula is C15H13N.